The predicted molar refractivity (Wildman–Crippen MR) is 122 cm³/mol. The second kappa shape index (κ2) is 11.7. The lowest BCUT2D eigenvalue weighted by Crippen LogP contribution is -2.49. The maximum atomic E-state index is 13.0. The van der Waals surface area contributed by atoms with E-state index in [9.17, 15) is 14.7 Å². The van der Waals surface area contributed by atoms with Gasteiger partial charge < -0.3 is 15.2 Å². The van der Waals surface area contributed by atoms with E-state index in [-0.39, 0.29) is 25.7 Å². The number of hydrogen-bond acceptors (Lipinski definition) is 4. The molecule has 0 fully saturated rings. The van der Waals surface area contributed by atoms with Gasteiger partial charge in [0.1, 0.15) is 12.6 Å². The molecule has 2 atom stereocenters. The number of ether oxygens (including phenoxy) is 1. The third-order valence-electron chi connectivity index (χ3n) is 5.18. The number of nitrogens with zero attached hydrogens (tertiary/aromatic N) is 1. The van der Waals surface area contributed by atoms with E-state index in [2.05, 4.69) is 5.32 Å². The standard InChI is InChI=1S/C26H28N2O4/c1-20(25(30)27-24(18-29)23-15-9-4-10-16-23)28(17-21-11-5-2-6-12-21)26(31)32-19-22-13-7-3-8-14-22/h2-16,20,24,29H,17-19H2,1H3,(H,27,30)/t20-,24-/m1/s1. The Morgan fingerprint density at radius 2 is 1.41 bits per heavy atom. The zero-order valence-electron chi connectivity index (χ0n) is 18.1. The zero-order chi connectivity index (χ0) is 22.8. The molecule has 0 spiro atoms. The summed E-state index contributed by atoms with van der Waals surface area (Å²) >= 11 is 0. The Hall–Kier alpha value is -3.64. The highest BCUT2D eigenvalue weighted by molar-refractivity contribution is 5.85. The number of hydrogen-bond donors (Lipinski definition) is 2. The maximum absolute atomic E-state index is 13.0. The van der Waals surface area contributed by atoms with Crippen molar-refractivity contribution in [3.05, 3.63) is 108 Å². The van der Waals surface area contributed by atoms with Crippen molar-refractivity contribution in [3.63, 3.8) is 0 Å². The van der Waals surface area contributed by atoms with Gasteiger partial charge in [-0.2, -0.15) is 0 Å². The highest BCUT2D eigenvalue weighted by atomic mass is 16.6. The first-order valence-corrected chi connectivity index (χ1v) is 10.6. The highest BCUT2D eigenvalue weighted by Gasteiger charge is 2.29. The Kier molecular flexibility index (Phi) is 8.40. The molecule has 32 heavy (non-hydrogen) atoms. The Labute approximate surface area is 188 Å². The summed E-state index contributed by atoms with van der Waals surface area (Å²) in [7, 11) is 0. The molecule has 0 aliphatic carbocycles. The molecular weight excluding hydrogens is 404 g/mol. The van der Waals surface area contributed by atoms with E-state index in [1.54, 1.807) is 6.92 Å². The molecule has 0 unspecified atom stereocenters. The Morgan fingerprint density at radius 1 is 0.875 bits per heavy atom. The number of aliphatic hydroxyl groups is 1. The number of nitrogens with one attached hydrogen (secondary N) is 1. The van der Waals surface area contributed by atoms with Crippen molar-refractivity contribution in [2.45, 2.75) is 32.2 Å². The molecule has 0 aliphatic heterocycles. The van der Waals surface area contributed by atoms with Gasteiger partial charge in [0.25, 0.3) is 0 Å². The van der Waals surface area contributed by atoms with Crippen LogP contribution in [-0.4, -0.2) is 34.7 Å². The van der Waals surface area contributed by atoms with Gasteiger partial charge in [-0.3, -0.25) is 9.69 Å². The highest BCUT2D eigenvalue weighted by Crippen LogP contribution is 2.15. The minimum absolute atomic E-state index is 0.114. The van der Waals surface area contributed by atoms with Crippen LogP contribution in [0.5, 0.6) is 0 Å². The molecule has 6 nitrogen and oxygen atoms in total. The van der Waals surface area contributed by atoms with Crippen LogP contribution in [-0.2, 0) is 22.7 Å². The molecule has 3 rings (SSSR count). The molecule has 0 saturated carbocycles. The van der Waals surface area contributed by atoms with Gasteiger partial charge in [-0.1, -0.05) is 91.0 Å². The van der Waals surface area contributed by atoms with Crippen LogP contribution in [0.4, 0.5) is 4.79 Å². The first-order chi connectivity index (χ1) is 15.6. The third-order valence-corrected chi connectivity index (χ3v) is 5.18. The van der Waals surface area contributed by atoms with Crippen molar-refractivity contribution in [2.24, 2.45) is 0 Å². The summed E-state index contributed by atoms with van der Waals surface area (Å²) in [4.78, 5) is 27.4. The van der Waals surface area contributed by atoms with Crippen molar-refractivity contribution < 1.29 is 19.4 Å². The summed E-state index contributed by atoms with van der Waals surface area (Å²) < 4.78 is 5.51. The monoisotopic (exact) mass is 432 g/mol. The molecule has 0 saturated heterocycles. The molecule has 0 radical (unpaired) electrons. The van der Waals surface area contributed by atoms with Crippen LogP contribution in [0.1, 0.15) is 29.7 Å². The second-order valence-electron chi connectivity index (χ2n) is 7.48. The molecule has 2 amide bonds. The normalized spacial score (nSPS) is 12.4. The number of benzene rings is 3. The quantitative estimate of drug-likeness (QED) is 0.534. The molecule has 0 bridgehead atoms. The summed E-state index contributed by atoms with van der Waals surface area (Å²) in [5, 5.41) is 12.6. The molecule has 166 valence electrons. The zero-order valence-corrected chi connectivity index (χ0v) is 18.1. The van der Waals surface area contributed by atoms with E-state index in [4.69, 9.17) is 4.74 Å². The Morgan fingerprint density at radius 3 is 1.97 bits per heavy atom. The van der Waals surface area contributed by atoms with Crippen LogP contribution < -0.4 is 5.32 Å². The topological polar surface area (TPSA) is 78.9 Å². The molecular formula is C26H28N2O4. The van der Waals surface area contributed by atoms with Gasteiger partial charge in [-0.25, -0.2) is 4.79 Å². The lowest BCUT2D eigenvalue weighted by molar-refractivity contribution is -0.126. The fourth-order valence-corrected chi connectivity index (χ4v) is 3.30. The Bertz CT molecular complexity index is 980. The fraction of sp³-hybridized carbons (Fsp3) is 0.231. The third kappa shape index (κ3) is 6.43. The summed E-state index contributed by atoms with van der Waals surface area (Å²) in [6.07, 6.45) is -0.583. The number of rotatable bonds is 9. The fourth-order valence-electron chi connectivity index (χ4n) is 3.30. The minimum Gasteiger partial charge on any atom is -0.445 e. The summed E-state index contributed by atoms with van der Waals surface area (Å²) in [5.41, 5.74) is 2.53. The van der Waals surface area contributed by atoms with Gasteiger partial charge in [0.05, 0.1) is 12.6 Å². The van der Waals surface area contributed by atoms with Gasteiger partial charge >= 0.3 is 6.09 Å². The van der Waals surface area contributed by atoms with E-state index >= 15 is 0 Å². The lowest BCUT2D eigenvalue weighted by atomic mass is 10.1. The van der Waals surface area contributed by atoms with Crippen molar-refractivity contribution in [1.82, 2.24) is 10.2 Å². The lowest BCUT2D eigenvalue weighted by Gasteiger charge is -2.29. The number of amides is 2. The van der Waals surface area contributed by atoms with Crippen LogP contribution >= 0.6 is 0 Å². The number of carbonyl (C=O) groups is 2. The van der Waals surface area contributed by atoms with Gasteiger partial charge in [0, 0.05) is 6.54 Å². The average Bonchev–Trinajstić information content (AvgIpc) is 2.85. The molecule has 6 heteroatoms. The van der Waals surface area contributed by atoms with E-state index < -0.39 is 18.2 Å². The molecule has 0 aromatic heterocycles. The van der Waals surface area contributed by atoms with Crippen molar-refractivity contribution >= 4 is 12.0 Å². The van der Waals surface area contributed by atoms with E-state index in [0.29, 0.717) is 0 Å². The predicted octanol–water partition coefficient (Wildman–Crippen LogP) is 4.06. The minimum atomic E-state index is -0.809. The summed E-state index contributed by atoms with van der Waals surface area (Å²) in [5.74, 6) is -0.375. The van der Waals surface area contributed by atoms with Crippen LogP contribution in [0.25, 0.3) is 0 Å². The van der Waals surface area contributed by atoms with Gasteiger partial charge in [0.15, 0.2) is 0 Å². The van der Waals surface area contributed by atoms with Crippen molar-refractivity contribution in [2.75, 3.05) is 6.61 Å². The van der Waals surface area contributed by atoms with Gasteiger partial charge in [-0.05, 0) is 23.6 Å². The van der Waals surface area contributed by atoms with Crippen molar-refractivity contribution in [1.29, 1.82) is 0 Å². The molecule has 3 aromatic carbocycles. The van der Waals surface area contributed by atoms with Gasteiger partial charge in [0.2, 0.25) is 5.91 Å². The Balaban J connectivity index is 1.73. The average molecular weight is 433 g/mol. The second-order valence-corrected chi connectivity index (χ2v) is 7.48. The van der Waals surface area contributed by atoms with E-state index in [0.717, 1.165) is 16.7 Å². The first-order valence-electron chi connectivity index (χ1n) is 10.6. The van der Waals surface area contributed by atoms with Crippen molar-refractivity contribution in [3.8, 4) is 0 Å². The first kappa shape index (κ1) is 23.0. The number of carbonyl (C=O) groups excluding carboxylic acids is 2. The smallest absolute Gasteiger partial charge is 0.411 e. The van der Waals surface area contributed by atoms with Crippen LogP contribution in [0.3, 0.4) is 0 Å². The van der Waals surface area contributed by atoms with Crippen LogP contribution in [0, 0.1) is 0 Å². The largest absolute Gasteiger partial charge is 0.445 e. The van der Waals surface area contributed by atoms with E-state index in [1.807, 2.05) is 91.0 Å². The van der Waals surface area contributed by atoms with E-state index in [1.165, 1.54) is 4.90 Å². The number of aliphatic hydroxyl groups excluding tert-OH is 1. The van der Waals surface area contributed by atoms with Crippen LogP contribution in [0.2, 0.25) is 0 Å². The summed E-state index contributed by atoms with van der Waals surface area (Å²) in [6.45, 7) is 1.74. The molecule has 3 aromatic rings. The molecule has 0 aliphatic rings. The maximum Gasteiger partial charge on any atom is 0.411 e. The molecule has 2 N–H and O–H groups in total. The molecule has 0 heterocycles. The summed E-state index contributed by atoms with van der Waals surface area (Å²) in [6, 6.07) is 26.7. The van der Waals surface area contributed by atoms with Gasteiger partial charge in [-0.15, -0.1) is 0 Å². The SMILES string of the molecule is C[C@H](C(=O)N[C@H](CO)c1ccccc1)N(Cc1ccccc1)C(=O)OCc1ccccc1. The van der Waals surface area contributed by atoms with Crippen LogP contribution in [0.15, 0.2) is 91.0 Å².